The van der Waals surface area contributed by atoms with Crippen molar-refractivity contribution in [3.05, 3.63) is 53.0 Å². The Morgan fingerprint density at radius 3 is 2.42 bits per heavy atom. The van der Waals surface area contributed by atoms with Gasteiger partial charge in [-0.2, -0.15) is 0 Å². The fourth-order valence-electron chi connectivity index (χ4n) is 1.57. The van der Waals surface area contributed by atoms with Gasteiger partial charge in [0.05, 0.1) is 12.8 Å². The zero-order valence-electron chi connectivity index (χ0n) is 10.3. The van der Waals surface area contributed by atoms with E-state index in [2.05, 4.69) is 26.6 Å². The number of para-hydroxylation sites is 2. The first-order valence-electron chi connectivity index (χ1n) is 5.65. The van der Waals surface area contributed by atoms with Crippen LogP contribution in [0.3, 0.4) is 0 Å². The first-order valence-corrected chi connectivity index (χ1v) is 6.86. The summed E-state index contributed by atoms with van der Waals surface area (Å²) < 4.78 is 6.29. The van der Waals surface area contributed by atoms with Crippen LogP contribution < -0.4 is 15.4 Å². The summed E-state index contributed by atoms with van der Waals surface area (Å²) >= 11 is 8.66. The predicted octanol–water partition coefficient (Wildman–Crippen LogP) is 4.27. The number of thiocarbonyl (C=S) groups is 1. The van der Waals surface area contributed by atoms with E-state index in [1.54, 1.807) is 7.11 Å². The minimum atomic E-state index is 0.520. The van der Waals surface area contributed by atoms with Gasteiger partial charge in [-0.1, -0.05) is 28.1 Å². The molecule has 3 nitrogen and oxygen atoms in total. The molecule has 0 heterocycles. The van der Waals surface area contributed by atoms with Crippen molar-refractivity contribution in [1.82, 2.24) is 0 Å². The van der Waals surface area contributed by atoms with Gasteiger partial charge in [-0.25, -0.2) is 0 Å². The lowest BCUT2D eigenvalue weighted by Crippen LogP contribution is -2.19. The third-order valence-electron chi connectivity index (χ3n) is 2.46. The second kappa shape index (κ2) is 6.54. The second-order valence-electron chi connectivity index (χ2n) is 3.79. The summed E-state index contributed by atoms with van der Waals surface area (Å²) in [7, 11) is 1.63. The molecule has 0 radical (unpaired) electrons. The van der Waals surface area contributed by atoms with Gasteiger partial charge >= 0.3 is 0 Å². The number of hydrogen-bond acceptors (Lipinski definition) is 2. The Hall–Kier alpha value is -1.59. The van der Waals surface area contributed by atoms with Crippen molar-refractivity contribution in [2.75, 3.05) is 17.7 Å². The van der Waals surface area contributed by atoms with E-state index in [1.165, 1.54) is 0 Å². The maximum Gasteiger partial charge on any atom is 0.175 e. The standard InChI is InChI=1S/C14H13BrN2OS/c1-18-13-5-3-2-4-12(13)17-14(19)16-11-8-6-10(15)7-9-11/h2-9H,1H3,(H2,16,17,19). The number of methoxy groups -OCH3 is 1. The molecule has 19 heavy (non-hydrogen) atoms. The van der Waals surface area contributed by atoms with Crippen LogP contribution in [0.25, 0.3) is 0 Å². The van der Waals surface area contributed by atoms with Gasteiger partial charge in [0.1, 0.15) is 5.75 Å². The number of halogens is 1. The number of anilines is 2. The van der Waals surface area contributed by atoms with Crippen LogP contribution in [0.15, 0.2) is 53.0 Å². The van der Waals surface area contributed by atoms with Gasteiger partial charge in [0.2, 0.25) is 0 Å². The topological polar surface area (TPSA) is 33.3 Å². The SMILES string of the molecule is COc1ccccc1NC(=S)Nc1ccc(Br)cc1. The highest BCUT2D eigenvalue weighted by molar-refractivity contribution is 9.10. The fraction of sp³-hybridized carbons (Fsp3) is 0.0714. The fourth-order valence-corrected chi connectivity index (χ4v) is 2.06. The van der Waals surface area contributed by atoms with Crippen LogP contribution in [0.1, 0.15) is 0 Å². The lowest BCUT2D eigenvalue weighted by Gasteiger charge is -2.13. The molecule has 2 aromatic carbocycles. The van der Waals surface area contributed by atoms with Gasteiger partial charge in [0.25, 0.3) is 0 Å². The largest absolute Gasteiger partial charge is 0.495 e. The van der Waals surface area contributed by atoms with Crippen LogP contribution in [0.4, 0.5) is 11.4 Å². The summed E-state index contributed by atoms with van der Waals surface area (Å²) in [6.07, 6.45) is 0. The van der Waals surface area contributed by atoms with E-state index >= 15 is 0 Å². The Bertz CT molecular complexity index is 572. The third-order valence-corrected chi connectivity index (χ3v) is 3.19. The highest BCUT2D eigenvalue weighted by Crippen LogP contribution is 2.23. The van der Waals surface area contributed by atoms with Crippen molar-refractivity contribution in [2.45, 2.75) is 0 Å². The number of benzene rings is 2. The molecule has 0 atom stereocenters. The molecule has 5 heteroatoms. The number of rotatable bonds is 3. The molecule has 0 saturated heterocycles. The van der Waals surface area contributed by atoms with Crippen LogP contribution >= 0.6 is 28.1 Å². The molecule has 2 rings (SSSR count). The predicted molar refractivity (Wildman–Crippen MR) is 87.0 cm³/mol. The zero-order valence-corrected chi connectivity index (χ0v) is 12.7. The van der Waals surface area contributed by atoms with Crippen molar-refractivity contribution < 1.29 is 4.74 Å². The Morgan fingerprint density at radius 1 is 1.05 bits per heavy atom. The van der Waals surface area contributed by atoms with Crippen molar-refractivity contribution in [3.63, 3.8) is 0 Å². The van der Waals surface area contributed by atoms with Crippen LogP contribution in [0.2, 0.25) is 0 Å². The minimum absolute atomic E-state index is 0.520. The zero-order chi connectivity index (χ0) is 13.7. The van der Waals surface area contributed by atoms with Gasteiger partial charge < -0.3 is 15.4 Å². The van der Waals surface area contributed by atoms with Crippen molar-refractivity contribution in [2.24, 2.45) is 0 Å². The Kier molecular flexibility index (Phi) is 4.76. The molecule has 2 aromatic rings. The molecule has 2 N–H and O–H groups in total. The summed E-state index contributed by atoms with van der Waals surface area (Å²) in [5.74, 6) is 0.752. The average Bonchev–Trinajstić information content (AvgIpc) is 2.42. The molecule has 0 aromatic heterocycles. The molecule has 0 aliphatic carbocycles. The molecule has 0 unspecified atom stereocenters. The van der Waals surface area contributed by atoms with Crippen molar-refractivity contribution >= 4 is 44.6 Å². The molecule has 0 aliphatic heterocycles. The molecule has 0 spiro atoms. The summed E-state index contributed by atoms with van der Waals surface area (Å²) in [6, 6.07) is 15.4. The lowest BCUT2D eigenvalue weighted by molar-refractivity contribution is 0.417. The third kappa shape index (κ3) is 3.94. The van der Waals surface area contributed by atoms with E-state index in [9.17, 15) is 0 Å². The van der Waals surface area contributed by atoms with Gasteiger partial charge in [-0.15, -0.1) is 0 Å². The normalized spacial score (nSPS) is 9.79. The van der Waals surface area contributed by atoms with Gasteiger partial charge in [0, 0.05) is 10.2 Å². The Balaban J connectivity index is 2.03. The van der Waals surface area contributed by atoms with Crippen molar-refractivity contribution in [1.29, 1.82) is 0 Å². The number of ether oxygens (including phenoxy) is 1. The van der Waals surface area contributed by atoms with Crippen LogP contribution in [-0.2, 0) is 0 Å². The van der Waals surface area contributed by atoms with E-state index < -0.39 is 0 Å². The lowest BCUT2D eigenvalue weighted by atomic mass is 10.3. The summed E-state index contributed by atoms with van der Waals surface area (Å²) in [4.78, 5) is 0. The highest BCUT2D eigenvalue weighted by Gasteiger charge is 2.03. The number of hydrogen-bond donors (Lipinski definition) is 2. The molecule has 0 saturated carbocycles. The quantitative estimate of drug-likeness (QED) is 0.820. The molecule has 98 valence electrons. The van der Waals surface area contributed by atoms with E-state index in [0.29, 0.717) is 5.11 Å². The number of nitrogens with one attached hydrogen (secondary N) is 2. The first kappa shape index (κ1) is 13.8. The van der Waals surface area contributed by atoms with Crippen molar-refractivity contribution in [3.8, 4) is 5.75 Å². The summed E-state index contributed by atoms with van der Waals surface area (Å²) in [5.41, 5.74) is 1.76. The highest BCUT2D eigenvalue weighted by atomic mass is 79.9. The second-order valence-corrected chi connectivity index (χ2v) is 5.11. The maximum absolute atomic E-state index is 5.27. The Morgan fingerprint density at radius 2 is 1.74 bits per heavy atom. The van der Waals surface area contributed by atoms with E-state index in [-0.39, 0.29) is 0 Å². The molecule has 0 amide bonds. The molecule has 0 aliphatic rings. The maximum atomic E-state index is 5.27. The van der Waals surface area contributed by atoms with E-state index in [4.69, 9.17) is 17.0 Å². The van der Waals surface area contributed by atoms with E-state index in [1.807, 2.05) is 48.5 Å². The van der Waals surface area contributed by atoms with Crippen LogP contribution in [0.5, 0.6) is 5.75 Å². The van der Waals surface area contributed by atoms with E-state index in [0.717, 1.165) is 21.6 Å². The first-order chi connectivity index (χ1) is 9.19. The van der Waals surface area contributed by atoms with Gasteiger partial charge in [-0.05, 0) is 48.6 Å². The minimum Gasteiger partial charge on any atom is -0.495 e. The molecule has 0 fully saturated rings. The van der Waals surface area contributed by atoms with Crippen LogP contribution in [0, 0.1) is 0 Å². The molecular weight excluding hydrogens is 324 g/mol. The molecule has 0 bridgehead atoms. The monoisotopic (exact) mass is 336 g/mol. The Labute approximate surface area is 126 Å². The van der Waals surface area contributed by atoms with Gasteiger partial charge in [0.15, 0.2) is 5.11 Å². The summed E-state index contributed by atoms with van der Waals surface area (Å²) in [6.45, 7) is 0. The smallest absolute Gasteiger partial charge is 0.175 e. The average molecular weight is 337 g/mol. The van der Waals surface area contributed by atoms with Crippen LogP contribution in [-0.4, -0.2) is 12.2 Å². The van der Waals surface area contributed by atoms with Gasteiger partial charge in [-0.3, -0.25) is 0 Å². The molecular formula is C14H13BrN2OS. The summed E-state index contributed by atoms with van der Waals surface area (Å²) in [5, 5.41) is 6.74.